The highest BCUT2D eigenvalue weighted by Crippen LogP contribution is 2.49. The minimum absolute atomic E-state index is 0.288. The van der Waals surface area contributed by atoms with Crippen molar-refractivity contribution < 1.29 is 13.9 Å². The van der Waals surface area contributed by atoms with E-state index < -0.39 is 5.60 Å². The number of hydrogen-bond acceptors (Lipinski definition) is 4. The Bertz CT molecular complexity index is 974. The van der Waals surface area contributed by atoms with E-state index in [0.717, 1.165) is 11.1 Å². The maximum Gasteiger partial charge on any atom is 0.150 e. The van der Waals surface area contributed by atoms with Crippen molar-refractivity contribution in [3.63, 3.8) is 0 Å². The van der Waals surface area contributed by atoms with E-state index in [1.807, 2.05) is 36.4 Å². The third kappa shape index (κ3) is 3.54. The van der Waals surface area contributed by atoms with Crippen LogP contribution in [0.1, 0.15) is 29.5 Å². The minimum Gasteiger partial charge on any atom is -0.496 e. The van der Waals surface area contributed by atoms with Gasteiger partial charge in [-0.1, -0.05) is 41.9 Å². The van der Waals surface area contributed by atoms with Crippen LogP contribution in [-0.2, 0) is 16.8 Å². The van der Waals surface area contributed by atoms with Crippen LogP contribution in [0.25, 0.3) is 5.57 Å². The number of nitrogens with two attached hydrogens (primary N) is 2. The van der Waals surface area contributed by atoms with Crippen LogP contribution in [0.5, 0.6) is 5.75 Å². The average Bonchev–Trinajstić information content (AvgIpc) is 3.14. The van der Waals surface area contributed by atoms with Crippen molar-refractivity contribution in [2.24, 2.45) is 11.5 Å². The van der Waals surface area contributed by atoms with Crippen LogP contribution in [-0.4, -0.2) is 19.7 Å². The lowest BCUT2D eigenvalue weighted by atomic mass is 9.85. The zero-order chi connectivity index (χ0) is 20.4. The van der Waals surface area contributed by atoms with Crippen LogP contribution < -0.4 is 16.2 Å². The molecule has 0 saturated heterocycles. The molecule has 0 radical (unpaired) electrons. The van der Waals surface area contributed by atoms with E-state index in [0.29, 0.717) is 60.1 Å². The summed E-state index contributed by atoms with van der Waals surface area (Å²) in [5, 5.41) is 0.461. The molecule has 152 valence electrons. The molecule has 4 nitrogen and oxygen atoms in total. The second-order valence-electron chi connectivity index (χ2n) is 7.27. The summed E-state index contributed by atoms with van der Waals surface area (Å²) >= 11 is 6.59. The third-order valence-electron chi connectivity index (χ3n) is 5.47. The lowest BCUT2D eigenvalue weighted by Crippen LogP contribution is -2.39. The number of halogens is 2. The molecule has 0 bridgehead atoms. The topological polar surface area (TPSA) is 70.5 Å². The Morgan fingerprint density at radius 1 is 1.14 bits per heavy atom. The molecule has 6 heteroatoms. The summed E-state index contributed by atoms with van der Waals surface area (Å²) in [5.74, 6) is 0.919. The summed E-state index contributed by atoms with van der Waals surface area (Å²) in [5.41, 5.74) is 13.9. The van der Waals surface area contributed by atoms with Gasteiger partial charge in [-0.25, -0.2) is 4.39 Å². The van der Waals surface area contributed by atoms with Gasteiger partial charge in [0.1, 0.15) is 17.3 Å². The number of hydrogen-bond donors (Lipinski definition) is 2. The van der Waals surface area contributed by atoms with Crippen molar-refractivity contribution in [1.29, 1.82) is 0 Å². The number of benzene rings is 2. The fourth-order valence-corrected chi connectivity index (χ4v) is 4.36. The SMILES string of the molecule is NCCOC1=C(c2c(Cl)ccc3c2C[C@@](CN)(c2ccccc2)O3)C(F)=CCC1. The molecule has 29 heavy (non-hydrogen) atoms. The smallest absolute Gasteiger partial charge is 0.150 e. The first-order chi connectivity index (χ1) is 14.1. The highest BCUT2D eigenvalue weighted by atomic mass is 35.5. The van der Waals surface area contributed by atoms with Crippen molar-refractivity contribution in [2.75, 3.05) is 19.7 Å². The number of rotatable bonds is 6. The lowest BCUT2D eigenvalue weighted by Gasteiger charge is -2.27. The lowest BCUT2D eigenvalue weighted by molar-refractivity contribution is 0.103. The van der Waals surface area contributed by atoms with Crippen molar-refractivity contribution >= 4 is 17.2 Å². The molecule has 0 aromatic heterocycles. The summed E-state index contributed by atoms with van der Waals surface area (Å²) < 4.78 is 27.2. The first-order valence-corrected chi connectivity index (χ1v) is 10.2. The zero-order valence-corrected chi connectivity index (χ0v) is 16.8. The largest absolute Gasteiger partial charge is 0.496 e. The molecule has 1 aliphatic carbocycles. The summed E-state index contributed by atoms with van der Waals surface area (Å²) in [6, 6.07) is 13.4. The summed E-state index contributed by atoms with van der Waals surface area (Å²) in [6.07, 6.45) is 3.25. The van der Waals surface area contributed by atoms with E-state index in [1.165, 1.54) is 0 Å². The Kier molecular flexibility index (Phi) is 5.63. The summed E-state index contributed by atoms with van der Waals surface area (Å²) in [4.78, 5) is 0. The molecule has 2 aromatic rings. The number of ether oxygens (including phenoxy) is 2. The Hall–Kier alpha value is -2.34. The second kappa shape index (κ2) is 8.19. The average molecular weight is 415 g/mol. The first kappa shape index (κ1) is 20.0. The molecule has 2 aliphatic rings. The monoisotopic (exact) mass is 414 g/mol. The molecule has 0 spiro atoms. The van der Waals surface area contributed by atoms with Crippen molar-refractivity contribution in [1.82, 2.24) is 0 Å². The maximum absolute atomic E-state index is 15.0. The molecule has 0 saturated carbocycles. The Labute approximate surface area is 174 Å². The Balaban J connectivity index is 1.84. The van der Waals surface area contributed by atoms with E-state index in [4.69, 9.17) is 32.5 Å². The van der Waals surface area contributed by atoms with Gasteiger partial charge >= 0.3 is 0 Å². The zero-order valence-electron chi connectivity index (χ0n) is 16.1. The molecule has 4 rings (SSSR count). The summed E-state index contributed by atoms with van der Waals surface area (Å²) in [7, 11) is 0. The van der Waals surface area contributed by atoms with Gasteiger partial charge in [0, 0.05) is 42.1 Å². The normalized spacial score (nSPS) is 20.9. The molecule has 4 N–H and O–H groups in total. The molecule has 1 heterocycles. The Morgan fingerprint density at radius 2 is 1.93 bits per heavy atom. The highest BCUT2D eigenvalue weighted by Gasteiger charge is 2.42. The molecular weight excluding hydrogens is 391 g/mol. The molecule has 0 fully saturated rings. The van der Waals surface area contributed by atoms with E-state index in [-0.39, 0.29) is 12.4 Å². The van der Waals surface area contributed by atoms with Crippen LogP contribution in [0.15, 0.2) is 60.1 Å². The molecule has 1 aliphatic heterocycles. The van der Waals surface area contributed by atoms with Crippen LogP contribution in [0, 0.1) is 0 Å². The predicted octanol–water partition coefficient (Wildman–Crippen LogP) is 4.46. The van der Waals surface area contributed by atoms with Crippen LogP contribution >= 0.6 is 11.6 Å². The van der Waals surface area contributed by atoms with Crippen molar-refractivity contribution in [3.8, 4) is 5.75 Å². The molecule has 2 aromatic carbocycles. The van der Waals surface area contributed by atoms with Gasteiger partial charge in [-0.2, -0.15) is 0 Å². The van der Waals surface area contributed by atoms with Gasteiger partial charge in [0.15, 0.2) is 5.60 Å². The molecular formula is C23H24ClFN2O2. The van der Waals surface area contributed by atoms with E-state index in [2.05, 4.69) is 0 Å². The van der Waals surface area contributed by atoms with Crippen LogP contribution in [0.3, 0.4) is 0 Å². The molecule has 0 unspecified atom stereocenters. The molecule has 0 amide bonds. The fourth-order valence-electron chi connectivity index (χ4n) is 4.08. The highest BCUT2D eigenvalue weighted by molar-refractivity contribution is 6.32. The Morgan fingerprint density at radius 3 is 2.66 bits per heavy atom. The molecule has 1 atom stereocenters. The number of fused-ring (bicyclic) bond motifs is 1. The van der Waals surface area contributed by atoms with E-state index in [1.54, 1.807) is 12.1 Å². The predicted molar refractivity (Wildman–Crippen MR) is 113 cm³/mol. The van der Waals surface area contributed by atoms with Gasteiger partial charge < -0.3 is 20.9 Å². The van der Waals surface area contributed by atoms with Crippen molar-refractivity contribution in [2.45, 2.75) is 24.9 Å². The van der Waals surface area contributed by atoms with Crippen LogP contribution in [0.4, 0.5) is 4.39 Å². The van der Waals surface area contributed by atoms with E-state index >= 15 is 4.39 Å². The van der Waals surface area contributed by atoms with Gasteiger partial charge in [0.05, 0.1) is 12.2 Å². The van der Waals surface area contributed by atoms with Crippen LogP contribution in [0.2, 0.25) is 5.02 Å². The maximum atomic E-state index is 15.0. The summed E-state index contributed by atoms with van der Waals surface area (Å²) in [6.45, 7) is 0.971. The van der Waals surface area contributed by atoms with Gasteiger partial charge in [-0.3, -0.25) is 0 Å². The quantitative estimate of drug-likeness (QED) is 0.732. The van der Waals surface area contributed by atoms with Gasteiger partial charge in [0.25, 0.3) is 0 Å². The van der Waals surface area contributed by atoms with E-state index in [9.17, 15) is 0 Å². The second-order valence-corrected chi connectivity index (χ2v) is 7.68. The first-order valence-electron chi connectivity index (χ1n) is 9.78. The van der Waals surface area contributed by atoms with Gasteiger partial charge in [-0.15, -0.1) is 0 Å². The number of allylic oxidation sites excluding steroid dienone is 4. The van der Waals surface area contributed by atoms with Gasteiger partial charge in [-0.05, 0) is 30.2 Å². The minimum atomic E-state index is -0.712. The van der Waals surface area contributed by atoms with Gasteiger partial charge in [0.2, 0.25) is 0 Å². The fraction of sp³-hybridized carbons (Fsp3) is 0.304. The van der Waals surface area contributed by atoms with Crippen molar-refractivity contribution in [3.05, 3.63) is 81.8 Å². The standard InChI is InChI=1S/C23H24ClFN2O2/c24-17-9-10-19-16(13-23(14-27,29-19)15-5-2-1-3-6-15)21(17)22-18(25)7-4-8-20(22)28-12-11-26/h1-3,5-7,9-10H,4,8,11-14,26-27H2/t23-/m1/s1. The third-order valence-corrected chi connectivity index (χ3v) is 5.79.